The summed E-state index contributed by atoms with van der Waals surface area (Å²) in [5.74, 6) is -0.137. The number of ether oxygens (including phenoxy) is 1. The van der Waals surface area contributed by atoms with Gasteiger partial charge in [-0.25, -0.2) is 8.78 Å². The average Bonchev–Trinajstić information content (AvgIpc) is 2.36. The lowest BCUT2D eigenvalue weighted by Crippen LogP contribution is -1.97. The molecule has 0 heterocycles. The largest absolute Gasteiger partial charge is 0.457 e. The Hall–Kier alpha value is -1.46. The lowest BCUT2D eigenvalue weighted by molar-refractivity contribution is 0.195. The van der Waals surface area contributed by atoms with E-state index in [0.717, 1.165) is 0 Å². The number of rotatable bonds is 3. The van der Waals surface area contributed by atoms with Gasteiger partial charge in [-0.05, 0) is 59.3 Å². The number of hydrogen-bond acceptors (Lipinski definition) is 2. The van der Waals surface area contributed by atoms with Gasteiger partial charge in [-0.2, -0.15) is 0 Å². The summed E-state index contributed by atoms with van der Waals surface area (Å²) in [5.41, 5.74) is 0.334. The third-order valence-electron chi connectivity index (χ3n) is 2.54. The van der Waals surface area contributed by atoms with E-state index in [0.29, 0.717) is 17.1 Å². The van der Waals surface area contributed by atoms with Crippen molar-refractivity contribution in [1.29, 1.82) is 0 Å². The number of aliphatic hydroxyl groups is 1. The zero-order valence-corrected chi connectivity index (χ0v) is 11.6. The summed E-state index contributed by atoms with van der Waals surface area (Å²) in [6, 6.07) is 8.04. The first-order valence-electron chi connectivity index (χ1n) is 5.58. The van der Waals surface area contributed by atoms with E-state index >= 15 is 0 Å². The van der Waals surface area contributed by atoms with Crippen molar-refractivity contribution in [2.75, 3.05) is 0 Å². The van der Waals surface area contributed by atoms with Gasteiger partial charge in [0.2, 0.25) is 0 Å². The standard InChI is InChI=1S/C14H11BrF2O2/c1-8(18)11-6-9(16)2-5-14(11)19-10-3-4-13(17)12(15)7-10/h2-8,18H,1H3/t8-/m1/s1. The Bertz CT molecular complexity index is 600. The van der Waals surface area contributed by atoms with Gasteiger partial charge in [-0.1, -0.05) is 0 Å². The van der Waals surface area contributed by atoms with Crippen LogP contribution in [0.25, 0.3) is 0 Å². The summed E-state index contributed by atoms with van der Waals surface area (Å²) in [6.45, 7) is 1.52. The molecular weight excluding hydrogens is 318 g/mol. The van der Waals surface area contributed by atoms with Crippen LogP contribution in [-0.2, 0) is 0 Å². The first-order chi connectivity index (χ1) is 8.97. The summed E-state index contributed by atoms with van der Waals surface area (Å²) in [4.78, 5) is 0. The van der Waals surface area contributed by atoms with Crippen LogP contribution in [0.2, 0.25) is 0 Å². The lowest BCUT2D eigenvalue weighted by atomic mass is 10.1. The number of halogens is 3. The molecule has 19 heavy (non-hydrogen) atoms. The molecule has 5 heteroatoms. The number of benzene rings is 2. The molecule has 0 bridgehead atoms. The fourth-order valence-electron chi connectivity index (χ4n) is 1.61. The van der Waals surface area contributed by atoms with Crippen molar-refractivity contribution in [3.8, 4) is 11.5 Å². The van der Waals surface area contributed by atoms with Crippen molar-refractivity contribution in [3.63, 3.8) is 0 Å². The second-order valence-electron chi connectivity index (χ2n) is 4.04. The number of aliphatic hydroxyl groups excluding tert-OH is 1. The maximum Gasteiger partial charge on any atom is 0.137 e. The van der Waals surface area contributed by atoms with Crippen LogP contribution in [0, 0.1) is 11.6 Å². The molecule has 2 aromatic rings. The van der Waals surface area contributed by atoms with Crippen molar-refractivity contribution >= 4 is 15.9 Å². The molecule has 2 nitrogen and oxygen atoms in total. The summed E-state index contributed by atoms with van der Waals surface area (Å²) < 4.78 is 32.1. The van der Waals surface area contributed by atoms with Crippen molar-refractivity contribution in [2.24, 2.45) is 0 Å². The SMILES string of the molecule is C[C@@H](O)c1cc(F)ccc1Oc1ccc(F)c(Br)c1. The monoisotopic (exact) mass is 328 g/mol. The molecule has 0 unspecified atom stereocenters. The average molecular weight is 329 g/mol. The molecule has 0 amide bonds. The zero-order valence-electron chi connectivity index (χ0n) is 10.0. The van der Waals surface area contributed by atoms with Gasteiger partial charge in [0, 0.05) is 5.56 Å². The maximum atomic E-state index is 13.1. The zero-order chi connectivity index (χ0) is 14.0. The van der Waals surface area contributed by atoms with E-state index in [4.69, 9.17) is 4.74 Å². The maximum absolute atomic E-state index is 13.1. The van der Waals surface area contributed by atoms with Crippen LogP contribution in [0.5, 0.6) is 11.5 Å². The van der Waals surface area contributed by atoms with Gasteiger partial charge < -0.3 is 9.84 Å². The van der Waals surface area contributed by atoms with Crippen LogP contribution < -0.4 is 4.74 Å². The van der Waals surface area contributed by atoms with E-state index in [-0.39, 0.29) is 4.47 Å². The van der Waals surface area contributed by atoms with Crippen molar-refractivity contribution in [3.05, 3.63) is 58.1 Å². The molecule has 100 valence electrons. The highest BCUT2D eigenvalue weighted by atomic mass is 79.9. The van der Waals surface area contributed by atoms with Gasteiger partial charge >= 0.3 is 0 Å². The predicted molar refractivity (Wildman–Crippen MR) is 71.2 cm³/mol. The van der Waals surface area contributed by atoms with E-state index in [1.165, 1.54) is 43.3 Å². The molecule has 0 aromatic heterocycles. The smallest absolute Gasteiger partial charge is 0.137 e. The lowest BCUT2D eigenvalue weighted by Gasteiger charge is -2.13. The summed E-state index contributed by atoms with van der Waals surface area (Å²) in [6.07, 6.45) is -0.866. The minimum absolute atomic E-state index is 0.269. The van der Waals surface area contributed by atoms with Gasteiger partial charge in [-0.3, -0.25) is 0 Å². The van der Waals surface area contributed by atoms with E-state index in [1.54, 1.807) is 0 Å². The highest BCUT2D eigenvalue weighted by molar-refractivity contribution is 9.10. The number of hydrogen-bond donors (Lipinski definition) is 1. The van der Waals surface area contributed by atoms with Gasteiger partial charge in [0.05, 0.1) is 10.6 Å². The van der Waals surface area contributed by atoms with Crippen LogP contribution >= 0.6 is 15.9 Å². The molecule has 0 radical (unpaired) electrons. The van der Waals surface area contributed by atoms with Crippen LogP contribution in [0.15, 0.2) is 40.9 Å². The summed E-state index contributed by atoms with van der Waals surface area (Å²) in [5, 5.41) is 9.59. The van der Waals surface area contributed by atoms with Crippen molar-refractivity contribution in [1.82, 2.24) is 0 Å². The molecule has 0 spiro atoms. The molecule has 1 N–H and O–H groups in total. The summed E-state index contributed by atoms with van der Waals surface area (Å²) >= 11 is 3.05. The fraction of sp³-hybridized carbons (Fsp3) is 0.143. The molecule has 0 saturated carbocycles. The van der Waals surface area contributed by atoms with Gasteiger partial charge in [0.25, 0.3) is 0 Å². The predicted octanol–water partition coefficient (Wildman–Crippen LogP) is 4.57. The van der Waals surface area contributed by atoms with Crippen LogP contribution in [-0.4, -0.2) is 5.11 Å². The highest BCUT2D eigenvalue weighted by Gasteiger charge is 2.12. The van der Waals surface area contributed by atoms with Crippen LogP contribution in [0.3, 0.4) is 0 Å². The van der Waals surface area contributed by atoms with E-state index in [2.05, 4.69) is 15.9 Å². The Kier molecular flexibility index (Phi) is 4.17. The minimum atomic E-state index is -0.866. The Morgan fingerprint density at radius 1 is 1.16 bits per heavy atom. The molecule has 0 aliphatic carbocycles. The molecule has 2 rings (SSSR count). The third-order valence-corrected chi connectivity index (χ3v) is 3.15. The first kappa shape index (κ1) is 14.0. The fourth-order valence-corrected chi connectivity index (χ4v) is 1.96. The molecule has 0 saturated heterocycles. The highest BCUT2D eigenvalue weighted by Crippen LogP contribution is 2.32. The van der Waals surface area contributed by atoms with E-state index in [9.17, 15) is 13.9 Å². The third kappa shape index (κ3) is 3.30. The Labute approximate surface area is 117 Å². The van der Waals surface area contributed by atoms with Crippen LogP contribution in [0.4, 0.5) is 8.78 Å². The quantitative estimate of drug-likeness (QED) is 0.894. The Morgan fingerprint density at radius 3 is 2.53 bits per heavy atom. The molecule has 1 atom stereocenters. The molecular formula is C14H11BrF2O2. The summed E-state index contributed by atoms with van der Waals surface area (Å²) in [7, 11) is 0. The van der Waals surface area contributed by atoms with E-state index < -0.39 is 17.7 Å². The van der Waals surface area contributed by atoms with Crippen LogP contribution in [0.1, 0.15) is 18.6 Å². The Morgan fingerprint density at radius 2 is 1.89 bits per heavy atom. The minimum Gasteiger partial charge on any atom is -0.457 e. The first-order valence-corrected chi connectivity index (χ1v) is 6.37. The van der Waals surface area contributed by atoms with Gasteiger partial charge in [-0.15, -0.1) is 0 Å². The second kappa shape index (κ2) is 5.67. The van der Waals surface area contributed by atoms with Crippen molar-refractivity contribution < 1.29 is 18.6 Å². The normalized spacial score (nSPS) is 12.3. The topological polar surface area (TPSA) is 29.5 Å². The Balaban J connectivity index is 2.35. The second-order valence-corrected chi connectivity index (χ2v) is 4.89. The van der Waals surface area contributed by atoms with Crippen molar-refractivity contribution in [2.45, 2.75) is 13.0 Å². The molecule has 0 aliphatic rings. The van der Waals surface area contributed by atoms with Gasteiger partial charge in [0.15, 0.2) is 0 Å². The molecule has 2 aromatic carbocycles. The molecule has 0 fully saturated rings. The van der Waals surface area contributed by atoms with Gasteiger partial charge in [0.1, 0.15) is 23.1 Å². The van der Waals surface area contributed by atoms with E-state index in [1.807, 2.05) is 0 Å². The molecule has 0 aliphatic heterocycles.